The zero-order chi connectivity index (χ0) is 18.4. The molecule has 2 N–H and O–H groups in total. The minimum Gasteiger partial charge on any atom is -0.355 e. The highest BCUT2D eigenvalue weighted by Gasteiger charge is 2.27. The van der Waals surface area contributed by atoms with Crippen molar-refractivity contribution in [2.24, 2.45) is 10.9 Å². The fourth-order valence-corrected chi connectivity index (χ4v) is 2.69. The third-order valence-corrected chi connectivity index (χ3v) is 4.02. The van der Waals surface area contributed by atoms with E-state index in [2.05, 4.69) is 20.7 Å². The molecule has 1 aromatic heterocycles. The van der Waals surface area contributed by atoms with Crippen LogP contribution in [-0.4, -0.2) is 64.2 Å². The number of amides is 1. The number of rotatable bonds is 6. The Morgan fingerprint density at radius 3 is 2.92 bits per heavy atom. The van der Waals surface area contributed by atoms with Crippen LogP contribution in [0.15, 0.2) is 17.4 Å². The van der Waals surface area contributed by atoms with Crippen LogP contribution >= 0.6 is 0 Å². The number of likely N-dealkylation sites (tertiary alicyclic amines) is 1. The molecule has 1 fully saturated rings. The quantitative estimate of drug-likeness (QED) is 0.327. The lowest BCUT2D eigenvalue weighted by molar-refractivity contribution is -0.385. The molecule has 1 aliphatic heterocycles. The standard InChI is InChI=1S/C15H25N7O3/c1-11(2)14(23)20-6-4-12(9-20)19-15(16-3)17-5-7-21-10-13(8-18-21)22(24)25/h8,10-12H,4-7,9H2,1-3H3,(H2,16,17,19). The van der Waals surface area contributed by atoms with Gasteiger partial charge in [-0.05, 0) is 6.42 Å². The molecule has 138 valence electrons. The first-order chi connectivity index (χ1) is 11.9. The normalized spacial score (nSPS) is 17.8. The van der Waals surface area contributed by atoms with Gasteiger partial charge in [-0.25, -0.2) is 0 Å². The van der Waals surface area contributed by atoms with Crippen LogP contribution in [0.2, 0.25) is 0 Å². The van der Waals surface area contributed by atoms with Gasteiger partial charge in [0, 0.05) is 38.6 Å². The molecule has 0 aromatic carbocycles. The van der Waals surface area contributed by atoms with E-state index >= 15 is 0 Å². The minimum absolute atomic E-state index is 0.00863. The first-order valence-corrected chi connectivity index (χ1v) is 8.33. The molecular formula is C15H25N7O3. The second-order valence-corrected chi connectivity index (χ2v) is 6.29. The summed E-state index contributed by atoms with van der Waals surface area (Å²) in [5, 5.41) is 21.0. The van der Waals surface area contributed by atoms with E-state index in [0.717, 1.165) is 13.0 Å². The first-order valence-electron chi connectivity index (χ1n) is 8.33. The average molecular weight is 351 g/mol. The van der Waals surface area contributed by atoms with Crippen molar-refractivity contribution in [1.82, 2.24) is 25.3 Å². The number of carbonyl (C=O) groups excluding carboxylic acids is 1. The molecule has 1 saturated heterocycles. The molecular weight excluding hydrogens is 326 g/mol. The van der Waals surface area contributed by atoms with Crippen LogP contribution in [0, 0.1) is 16.0 Å². The summed E-state index contributed by atoms with van der Waals surface area (Å²) in [6.07, 6.45) is 3.50. The Morgan fingerprint density at radius 1 is 1.56 bits per heavy atom. The summed E-state index contributed by atoms with van der Waals surface area (Å²) in [6, 6.07) is 0.166. The minimum atomic E-state index is -0.471. The predicted molar refractivity (Wildman–Crippen MR) is 93.2 cm³/mol. The van der Waals surface area contributed by atoms with Gasteiger partial charge < -0.3 is 15.5 Å². The Balaban J connectivity index is 1.75. The molecule has 1 aliphatic rings. The number of carbonyl (C=O) groups is 1. The molecule has 0 aliphatic carbocycles. The number of hydrogen-bond donors (Lipinski definition) is 2. The van der Waals surface area contributed by atoms with Gasteiger partial charge in [0.15, 0.2) is 5.96 Å². The summed E-state index contributed by atoms with van der Waals surface area (Å²) >= 11 is 0. The fraction of sp³-hybridized carbons (Fsp3) is 0.667. The topological polar surface area (TPSA) is 118 Å². The molecule has 1 atom stereocenters. The summed E-state index contributed by atoms with van der Waals surface area (Å²) in [6.45, 7) is 6.25. The SMILES string of the molecule is CN=C(NCCn1cc([N+](=O)[O-])cn1)NC1CCN(C(=O)C(C)C)C1. The number of aliphatic imine (C=N–C) groups is 1. The van der Waals surface area contributed by atoms with E-state index in [0.29, 0.717) is 25.6 Å². The van der Waals surface area contributed by atoms with Crippen LogP contribution in [0.5, 0.6) is 0 Å². The Bertz CT molecular complexity index is 641. The molecule has 10 heteroatoms. The van der Waals surface area contributed by atoms with E-state index in [9.17, 15) is 14.9 Å². The molecule has 0 spiro atoms. The van der Waals surface area contributed by atoms with Gasteiger partial charge in [-0.15, -0.1) is 0 Å². The van der Waals surface area contributed by atoms with Crippen LogP contribution in [0.3, 0.4) is 0 Å². The van der Waals surface area contributed by atoms with Gasteiger partial charge in [0.25, 0.3) is 0 Å². The first kappa shape index (κ1) is 18.7. The zero-order valence-electron chi connectivity index (χ0n) is 14.8. The van der Waals surface area contributed by atoms with Crippen molar-refractivity contribution in [1.29, 1.82) is 0 Å². The molecule has 0 saturated carbocycles. The van der Waals surface area contributed by atoms with Gasteiger partial charge in [0.2, 0.25) is 5.91 Å². The third kappa shape index (κ3) is 5.16. The Morgan fingerprint density at radius 2 is 2.32 bits per heavy atom. The van der Waals surface area contributed by atoms with Crippen molar-refractivity contribution in [3.63, 3.8) is 0 Å². The lowest BCUT2D eigenvalue weighted by Crippen LogP contribution is -2.46. The largest absolute Gasteiger partial charge is 0.355 e. The highest BCUT2D eigenvalue weighted by Crippen LogP contribution is 2.12. The number of hydrogen-bond acceptors (Lipinski definition) is 5. The van der Waals surface area contributed by atoms with Gasteiger partial charge >= 0.3 is 5.69 Å². The van der Waals surface area contributed by atoms with Crippen LogP contribution in [0.25, 0.3) is 0 Å². The molecule has 0 bridgehead atoms. The number of nitro groups is 1. The highest BCUT2D eigenvalue weighted by atomic mass is 16.6. The van der Waals surface area contributed by atoms with E-state index in [1.54, 1.807) is 7.05 Å². The van der Waals surface area contributed by atoms with E-state index < -0.39 is 4.92 Å². The zero-order valence-corrected chi connectivity index (χ0v) is 14.8. The smallest absolute Gasteiger partial charge is 0.306 e. The van der Waals surface area contributed by atoms with E-state index in [1.165, 1.54) is 17.1 Å². The maximum Gasteiger partial charge on any atom is 0.306 e. The van der Waals surface area contributed by atoms with Crippen LogP contribution in [0.4, 0.5) is 5.69 Å². The van der Waals surface area contributed by atoms with Crippen molar-refractivity contribution in [2.45, 2.75) is 32.9 Å². The Kier molecular flexibility index (Phi) is 6.31. The lowest BCUT2D eigenvalue weighted by atomic mass is 10.2. The summed E-state index contributed by atoms with van der Waals surface area (Å²) in [4.78, 5) is 28.2. The molecule has 2 rings (SSSR count). The monoisotopic (exact) mass is 351 g/mol. The molecule has 1 amide bonds. The molecule has 1 aromatic rings. The maximum absolute atomic E-state index is 12.0. The summed E-state index contributed by atoms with van der Waals surface area (Å²) in [5.74, 6) is 0.826. The van der Waals surface area contributed by atoms with Crippen LogP contribution in [0.1, 0.15) is 20.3 Å². The van der Waals surface area contributed by atoms with E-state index in [-0.39, 0.29) is 23.6 Å². The molecule has 2 heterocycles. The summed E-state index contributed by atoms with van der Waals surface area (Å²) < 4.78 is 1.51. The van der Waals surface area contributed by atoms with Gasteiger partial charge in [-0.1, -0.05) is 13.8 Å². The van der Waals surface area contributed by atoms with Crippen molar-refractivity contribution in [3.05, 3.63) is 22.5 Å². The second kappa shape index (κ2) is 8.45. The number of nitrogens with zero attached hydrogens (tertiary/aromatic N) is 5. The number of aromatic nitrogens is 2. The average Bonchev–Trinajstić information content (AvgIpc) is 3.22. The Labute approximate surface area is 146 Å². The summed E-state index contributed by atoms with van der Waals surface area (Å²) in [7, 11) is 1.68. The second-order valence-electron chi connectivity index (χ2n) is 6.29. The highest BCUT2D eigenvalue weighted by molar-refractivity contribution is 5.81. The molecule has 0 radical (unpaired) electrons. The summed E-state index contributed by atoms with van der Waals surface area (Å²) in [5.41, 5.74) is -0.0247. The van der Waals surface area contributed by atoms with E-state index in [4.69, 9.17) is 0 Å². The number of nitrogens with one attached hydrogen (secondary N) is 2. The van der Waals surface area contributed by atoms with Gasteiger partial charge in [-0.3, -0.25) is 24.6 Å². The van der Waals surface area contributed by atoms with Crippen LogP contribution in [-0.2, 0) is 11.3 Å². The van der Waals surface area contributed by atoms with Gasteiger partial charge in [-0.2, -0.15) is 5.10 Å². The van der Waals surface area contributed by atoms with Crippen molar-refractivity contribution >= 4 is 17.6 Å². The molecule has 1 unspecified atom stereocenters. The third-order valence-electron chi connectivity index (χ3n) is 4.02. The van der Waals surface area contributed by atoms with Crippen molar-refractivity contribution in [2.75, 3.05) is 26.7 Å². The van der Waals surface area contributed by atoms with Crippen molar-refractivity contribution < 1.29 is 9.72 Å². The van der Waals surface area contributed by atoms with E-state index in [1.807, 2.05) is 18.7 Å². The lowest BCUT2D eigenvalue weighted by Gasteiger charge is -2.20. The van der Waals surface area contributed by atoms with Gasteiger partial charge in [0.05, 0.1) is 11.5 Å². The predicted octanol–water partition coefficient (Wildman–Crippen LogP) is 0.213. The van der Waals surface area contributed by atoms with Gasteiger partial charge in [0.1, 0.15) is 12.4 Å². The number of guanidine groups is 1. The maximum atomic E-state index is 12.0. The molecule has 10 nitrogen and oxygen atoms in total. The fourth-order valence-electron chi connectivity index (χ4n) is 2.69. The molecule has 25 heavy (non-hydrogen) atoms. The Hall–Kier alpha value is -2.65. The van der Waals surface area contributed by atoms with Crippen LogP contribution < -0.4 is 10.6 Å². The van der Waals surface area contributed by atoms with Crippen molar-refractivity contribution in [3.8, 4) is 0 Å².